The van der Waals surface area contributed by atoms with Crippen LogP contribution >= 0.6 is 0 Å². The molecule has 1 heterocycles. The van der Waals surface area contributed by atoms with Crippen molar-refractivity contribution in [3.05, 3.63) is 29.8 Å². The van der Waals surface area contributed by atoms with E-state index >= 15 is 0 Å². The first-order valence-electron chi connectivity index (χ1n) is 9.70. The molecule has 0 amide bonds. The van der Waals surface area contributed by atoms with Crippen LogP contribution in [0.3, 0.4) is 0 Å². The zero-order valence-electron chi connectivity index (χ0n) is 18.1. The van der Waals surface area contributed by atoms with Crippen LogP contribution in [0.5, 0.6) is 0 Å². The molecule has 1 aliphatic heterocycles. The molecular formula is C21H27NO9. The lowest BCUT2D eigenvalue weighted by atomic mass is 9.97. The van der Waals surface area contributed by atoms with Gasteiger partial charge in [0.05, 0.1) is 0 Å². The summed E-state index contributed by atoms with van der Waals surface area (Å²) < 4.78 is 27.2. The molecule has 1 fully saturated rings. The van der Waals surface area contributed by atoms with E-state index < -0.39 is 54.5 Å². The molecule has 1 aliphatic rings. The van der Waals surface area contributed by atoms with Gasteiger partial charge in [0.25, 0.3) is 0 Å². The van der Waals surface area contributed by atoms with E-state index in [9.17, 15) is 19.2 Å². The highest BCUT2D eigenvalue weighted by Crippen LogP contribution is 2.30. The zero-order chi connectivity index (χ0) is 23.1. The minimum Gasteiger partial charge on any atom is -0.463 e. The van der Waals surface area contributed by atoms with Crippen molar-refractivity contribution >= 4 is 29.6 Å². The average Bonchev–Trinajstić information content (AvgIpc) is 2.64. The maximum atomic E-state index is 11.8. The summed E-state index contributed by atoms with van der Waals surface area (Å²) in [5.74, 6) is -2.58. The van der Waals surface area contributed by atoms with Crippen LogP contribution in [-0.4, -0.2) is 61.1 Å². The third-order valence-corrected chi connectivity index (χ3v) is 4.32. The second-order valence-corrected chi connectivity index (χ2v) is 7.13. The van der Waals surface area contributed by atoms with Crippen molar-refractivity contribution in [2.75, 3.05) is 11.9 Å². The van der Waals surface area contributed by atoms with Crippen LogP contribution in [-0.2, 0) is 42.9 Å². The number of hydrogen-bond acceptors (Lipinski definition) is 10. The van der Waals surface area contributed by atoms with Gasteiger partial charge in [0, 0.05) is 33.4 Å². The number of anilines is 1. The number of ether oxygens (including phenoxy) is 5. The Morgan fingerprint density at radius 2 is 1.45 bits per heavy atom. The van der Waals surface area contributed by atoms with Crippen LogP contribution in [0.15, 0.2) is 24.3 Å². The molecule has 0 radical (unpaired) electrons. The summed E-state index contributed by atoms with van der Waals surface area (Å²) in [7, 11) is 0. The molecule has 31 heavy (non-hydrogen) atoms. The predicted octanol–water partition coefficient (Wildman–Crippen LogP) is 1.49. The Kier molecular flexibility index (Phi) is 8.38. The second kappa shape index (κ2) is 10.8. The molecule has 0 saturated carbocycles. The lowest BCUT2D eigenvalue weighted by Gasteiger charge is -2.44. The first kappa shape index (κ1) is 24.1. The number of benzene rings is 1. The molecule has 10 nitrogen and oxygen atoms in total. The van der Waals surface area contributed by atoms with E-state index in [0.29, 0.717) is 5.69 Å². The largest absolute Gasteiger partial charge is 0.463 e. The second-order valence-electron chi connectivity index (χ2n) is 7.13. The summed E-state index contributed by atoms with van der Waals surface area (Å²) in [4.78, 5) is 46.7. The molecule has 2 rings (SSSR count). The Bertz CT molecular complexity index is 825. The lowest BCUT2D eigenvalue weighted by molar-refractivity contribution is -0.247. The lowest BCUT2D eigenvalue weighted by Crippen LogP contribution is -2.64. The summed E-state index contributed by atoms with van der Waals surface area (Å²) >= 11 is 0. The number of aryl methyl sites for hydroxylation is 1. The highest BCUT2D eigenvalue weighted by molar-refractivity contribution is 5.69. The normalized spacial score (nSPS) is 25.1. The topological polar surface area (TPSA) is 126 Å². The van der Waals surface area contributed by atoms with Crippen molar-refractivity contribution in [3.8, 4) is 0 Å². The molecule has 170 valence electrons. The molecule has 1 aromatic carbocycles. The maximum Gasteiger partial charge on any atom is 0.303 e. The van der Waals surface area contributed by atoms with Gasteiger partial charge in [0.2, 0.25) is 0 Å². The van der Waals surface area contributed by atoms with Crippen LogP contribution in [0, 0.1) is 6.92 Å². The minimum atomic E-state index is -1.21. The van der Waals surface area contributed by atoms with Crippen molar-refractivity contribution < 1.29 is 42.9 Å². The number of carbonyl (C=O) groups is 4. The molecule has 1 aromatic rings. The molecular weight excluding hydrogens is 410 g/mol. The van der Waals surface area contributed by atoms with Gasteiger partial charge >= 0.3 is 23.9 Å². The highest BCUT2D eigenvalue weighted by atomic mass is 16.7. The van der Waals surface area contributed by atoms with Gasteiger partial charge < -0.3 is 29.0 Å². The molecule has 0 aromatic heterocycles. The first-order chi connectivity index (χ1) is 14.6. The number of hydrogen-bond donors (Lipinski definition) is 1. The third-order valence-electron chi connectivity index (χ3n) is 4.32. The summed E-state index contributed by atoms with van der Waals surface area (Å²) in [6.07, 6.45) is -5.53. The van der Waals surface area contributed by atoms with Crippen LogP contribution in [0.25, 0.3) is 0 Å². The van der Waals surface area contributed by atoms with Gasteiger partial charge in [-0.25, -0.2) is 0 Å². The number of rotatable bonds is 7. The zero-order valence-corrected chi connectivity index (χ0v) is 18.1. The van der Waals surface area contributed by atoms with Gasteiger partial charge in [-0.05, 0) is 24.6 Å². The highest BCUT2D eigenvalue weighted by Gasteiger charge is 2.52. The third kappa shape index (κ3) is 7.25. The number of esters is 4. The van der Waals surface area contributed by atoms with Crippen LogP contribution in [0.4, 0.5) is 5.69 Å². The Morgan fingerprint density at radius 1 is 0.871 bits per heavy atom. The fraction of sp³-hybridized carbons (Fsp3) is 0.524. The van der Waals surface area contributed by atoms with Crippen LogP contribution in [0.1, 0.15) is 33.3 Å². The monoisotopic (exact) mass is 437 g/mol. The smallest absolute Gasteiger partial charge is 0.303 e. The summed E-state index contributed by atoms with van der Waals surface area (Å²) in [5, 5.41) is 3.10. The summed E-state index contributed by atoms with van der Waals surface area (Å²) in [6, 6.07) is 7.34. The van der Waals surface area contributed by atoms with Crippen molar-refractivity contribution in [1.82, 2.24) is 0 Å². The maximum absolute atomic E-state index is 11.8. The van der Waals surface area contributed by atoms with E-state index in [-0.39, 0.29) is 6.61 Å². The van der Waals surface area contributed by atoms with Gasteiger partial charge in [-0.2, -0.15) is 0 Å². The molecule has 1 saturated heterocycles. The fourth-order valence-corrected chi connectivity index (χ4v) is 3.24. The number of nitrogens with one attached hydrogen (secondary N) is 1. The SMILES string of the molecule is CC(=O)OC[C@H]1O[C@@H](Nc2cccc(C)c2)[C@H](OC(C)=O)[C@@H](OC(C)=O)[C@@H]1OC(C)=O. The van der Waals surface area contributed by atoms with E-state index in [1.807, 2.05) is 25.1 Å². The van der Waals surface area contributed by atoms with Gasteiger partial charge in [0.15, 0.2) is 24.5 Å². The molecule has 0 aliphatic carbocycles. The quantitative estimate of drug-likeness (QED) is 0.495. The van der Waals surface area contributed by atoms with Crippen LogP contribution < -0.4 is 5.32 Å². The van der Waals surface area contributed by atoms with Gasteiger partial charge in [-0.3, -0.25) is 19.2 Å². The Hall–Kier alpha value is -3.14. The van der Waals surface area contributed by atoms with E-state index in [2.05, 4.69) is 5.32 Å². The first-order valence-corrected chi connectivity index (χ1v) is 9.70. The average molecular weight is 437 g/mol. The molecule has 1 N–H and O–H groups in total. The van der Waals surface area contributed by atoms with E-state index in [0.717, 1.165) is 5.56 Å². The van der Waals surface area contributed by atoms with E-state index in [4.69, 9.17) is 23.7 Å². The van der Waals surface area contributed by atoms with Crippen molar-refractivity contribution in [3.63, 3.8) is 0 Å². The minimum absolute atomic E-state index is 0.274. The van der Waals surface area contributed by atoms with Gasteiger partial charge in [0.1, 0.15) is 12.7 Å². The Morgan fingerprint density at radius 3 is 2.00 bits per heavy atom. The van der Waals surface area contributed by atoms with Gasteiger partial charge in [-0.15, -0.1) is 0 Å². The Labute approximate surface area is 180 Å². The number of carbonyl (C=O) groups excluding carboxylic acids is 4. The van der Waals surface area contributed by atoms with Crippen LogP contribution in [0.2, 0.25) is 0 Å². The van der Waals surface area contributed by atoms with Crippen molar-refractivity contribution in [2.24, 2.45) is 0 Å². The summed E-state index contributed by atoms with van der Waals surface area (Å²) in [5.41, 5.74) is 1.62. The molecule has 0 bridgehead atoms. The standard InChI is InChI=1S/C21H27NO9/c1-11-7-6-8-16(9-11)22-21-20(30-15(5)26)19(29-14(4)25)18(28-13(3)24)17(31-21)10-27-12(2)23/h6-9,17-22H,10H2,1-5H3/t17-,18-,19+,20-,21-/m1/s1. The van der Waals surface area contributed by atoms with Crippen molar-refractivity contribution in [2.45, 2.75) is 65.3 Å². The molecule has 0 spiro atoms. The molecule has 0 unspecified atom stereocenters. The van der Waals surface area contributed by atoms with Gasteiger partial charge in [-0.1, -0.05) is 12.1 Å². The molecule has 10 heteroatoms. The fourth-order valence-electron chi connectivity index (χ4n) is 3.24. The predicted molar refractivity (Wildman–Crippen MR) is 107 cm³/mol. The Balaban J connectivity index is 2.44. The van der Waals surface area contributed by atoms with E-state index in [1.54, 1.807) is 6.07 Å². The summed E-state index contributed by atoms with van der Waals surface area (Å²) in [6.45, 7) is 6.39. The van der Waals surface area contributed by atoms with E-state index in [1.165, 1.54) is 27.7 Å². The van der Waals surface area contributed by atoms with Crippen molar-refractivity contribution in [1.29, 1.82) is 0 Å². The molecule has 5 atom stereocenters.